The Morgan fingerprint density at radius 1 is 1.19 bits per heavy atom. The van der Waals surface area contributed by atoms with Gasteiger partial charge in [-0.2, -0.15) is 0 Å². The maximum Gasteiger partial charge on any atom is 0.141 e. The molecule has 5 aliphatic rings. The molecule has 0 aromatic heterocycles. The molecular formula is C25H37N3O3. The van der Waals surface area contributed by atoms with E-state index in [1.807, 2.05) is 0 Å². The van der Waals surface area contributed by atoms with Gasteiger partial charge < -0.3 is 20.1 Å². The Balaban J connectivity index is 1.49. The highest BCUT2D eigenvalue weighted by molar-refractivity contribution is 6.10. The molecule has 5 rings (SSSR count). The Labute approximate surface area is 185 Å². The highest BCUT2D eigenvalue weighted by Gasteiger charge is 2.60. The average Bonchev–Trinajstić information content (AvgIpc) is 3.40. The van der Waals surface area contributed by atoms with E-state index in [2.05, 4.69) is 35.2 Å². The zero-order chi connectivity index (χ0) is 21.6. The van der Waals surface area contributed by atoms with Crippen LogP contribution in [-0.2, 0) is 9.68 Å². The summed E-state index contributed by atoms with van der Waals surface area (Å²) in [4.78, 5) is 11.1. The van der Waals surface area contributed by atoms with Gasteiger partial charge in [0.25, 0.3) is 0 Å². The van der Waals surface area contributed by atoms with E-state index in [1.54, 1.807) is 7.11 Å². The molecule has 0 amide bonds. The van der Waals surface area contributed by atoms with Crippen LogP contribution in [-0.4, -0.2) is 49.4 Å². The number of allylic oxidation sites excluding steroid dienone is 2. The van der Waals surface area contributed by atoms with Crippen LogP contribution in [0.1, 0.15) is 58.3 Å². The first-order valence-corrected chi connectivity index (χ1v) is 12.1. The summed E-state index contributed by atoms with van der Waals surface area (Å²) in [6.45, 7) is 8.87. The molecule has 0 radical (unpaired) electrons. The molecule has 4 unspecified atom stereocenters. The molecule has 1 heterocycles. The van der Waals surface area contributed by atoms with Crippen LogP contribution in [0, 0.1) is 28.6 Å². The van der Waals surface area contributed by atoms with E-state index in [9.17, 15) is 5.11 Å². The van der Waals surface area contributed by atoms with Crippen molar-refractivity contribution in [2.75, 3.05) is 26.8 Å². The molecule has 3 saturated carbocycles. The van der Waals surface area contributed by atoms with Crippen molar-refractivity contribution in [2.24, 2.45) is 38.9 Å². The van der Waals surface area contributed by atoms with Crippen molar-refractivity contribution < 1.29 is 14.8 Å². The molecule has 2 N–H and O–H groups in total. The average molecular weight is 428 g/mol. The molecule has 1 aliphatic heterocycles. The molecule has 31 heavy (non-hydrogen) atoms. The van der Waals surface area contributed by atoms with Crippen LogP contribution in [0.2, 0.25) is 0 Å². The number of rotatable bonds is 4. The van der Waals surface area contributed by atoms with Gasteiger partial charge >= 0.3 is 0 Å². The number of hydrogen-bond donors (Lipinski definition) is 2. The minimum atomic E-state index is -0.251. The lowest BCUT2D eigenvalue weighted by Gasteiger charge is -2.58. The second-order valence-electron chi connectivity index (χ2n) is 10.6. The minimum Gasteiger partial charge on any atom is -0.399 e. The Morgan fingerprint density at radius 3 is 2.81 bits per heavy atom. The summed E-state index contributed by atoms with van der Waals surface area (Å²) < 4.78 is 0. The standard InChI is InChI=1S/C25H37N3O3/c1-16-4-5-20-19-13-23(28-30-3)22-12-17(27-31-18-8-11-26-14-18)6-10-25(22,15-29)21(19)7-9-24(16,20)2/h12,18-21,26,29H,1,4-11,13-15H2,2-3H3/t18?,19?,20?,21?,24-,25+/m1/s1. The fraction of sp³-hybridized carbons (Fsp3) is 0.760. The van der Waals surface area contributed by atoms with E-state index in [1.165, 1.54) is 18.4 Å². The predicted molar refractivity (Wildman–Crippen MR) is 122 cm³/mol. The highest BCUT2D eigenvalue weighted by Crippen LogP contribution is 2.65. The molecule has 0 spiro atoms. The third kappa shape index (κ3) is 3.29. The van der Waals surface area contributed by atoms with Crippen LogP contribution in [0.15, 0.2) is 34.1 Å². The van der Waals surface area contributed by atoms with E-state index in [4.69, 9.17) is 9.68 Å². The molecule has 6 heteroatoms. The van der Waals surface area contributed by atoms with Crippen LogP contribution < -0.4 is 5.32 Å². The topological polar surface area (TPSA) is 75.4 Å². The Morgan fingerprint density at radius 2 is 2.06 bits per heavy atom. The van der Waals surface area contributed by atoms with Crippen molar-refractivity contribution >= 4 is 11.4 Å². The number of fused-ring (bicyclic) bond motifs is 5. The van der Waals surface area contributed by atoms with Gasteiger partial charge in [-0.25, -0.2) is 0 Å². The first-order chi connectivity index (χ1) is 15.0. The molecule has 0 bridgehead atoms. The zero-order valence-electron chi connectivity index (χ0n) is 19.0. The van der Waals surface area contributed by atoms with Crippen LogP contribution in [0.3, 0.4) is 0 Å². The number of oxime groups is 2. The van der Waals surface area contributed by atoms with Gasteiger partial charge in [0, 0.05) is 18.4 Å². The van der Waals surface area contributed by atoms with Crippen LogP contribution in [0.4, 0.5) is 0 Å². The first kappa shape index (κ1) is 21.2. The predicted octanol–water partition coefficient (Wildman–Crippen LogP) is 3.82. The largest absolute Gasteiger partial charge is 0.399 e. The van der Waals surface area contributed by atoms with Gasteiger partial charge in [0.2, 0.25) is 0 Å². The van der Waals surface area contributed by atoms with Crippen molar-refractivity contribution in [3.8, 4) is 0 Å². The molecule has 0 aromatic rings. The number of nitrogens with zero attached hydrogens (tertiary/aromatic N) is 2. The van der Waals surface area contributed by atoms with Gasteiger partial charge in [-0.1, -0.05) is 29.4 Å². The zero-order valence-corrected chi connectivity index (χ0v) is 19.0. The van der Waals surface area contributed by atoms with Crippen LogP contribution in [0.25, 0.3) is 0 Å². The van der Waals surface area contributed by atoms with Gasteiger partial charge in [-0.15, -0.1) is 0 Å². The fourth-order valence-electron chi connectivity index (χ4n) is 7.53. The second kappa shape index (κ2) is 8.04. The van der Waals surface area contributed by atoms with E-state index in [-0.39, 0.29) is 23.5 Å². The molecule has 1 saturated heterocycles. The molecular weight excluding hydrogens is 390 g/mol. The molecule has 4 aliphatic carbocycles. The van der Waals surface area contributed by atoms with Gasteiger partial charge in [-0.3, -0.25) is 0 Å². The van der Waals surface area contributed by atoms with Crippen molar-refractivity contribution in [1.82, 2.24) is 5.32 Å². The van der Waals surface area contributed by atoms with Crippen molar-refractivity contribution in [1.29, 1.82) is 0 Å². The number of hydrogen-bond acceptors (Lipinski definition) is 6. The number of aliphatic hydroxyl groups excluding tert-OH is 1. The van der Waals surface area contributed by atoms with Gasteiger partial charge in [0.15, 0.2) is 0 Å². The van der Waals surface area contributed by atoms with E-state index < -0.39 is 0 Å². The second-order valence-corrected chi connectivity index (χ2v) is 10.6. The summed E-state index contributed by atoms with van der Waals surface area (Å²) >= 11 is 0. The normalized spacial score (nSPS) is 44.6. The molecule has 170 valence electrons. The van der Waals surface area contributed by atoms with Gasteiger partial charge in [0.1, 0.15) is 13.2 Å². The lowest BCUT2D eigenvalue weighted by molar-refractivity contribution is -0.0345. The molecule has 6 atom stereocenters. The smallest absolute Gasteiger partial charge is 0.141 e. The van der Waals surface area contributed by atoms with Gasteiger partial charge in [-0.05, 0) is 86.3 Å². The monoisotopic (exact) mass is 427 g/mol. The van der Waals surface area contributed by atoms with E-state index in [0.717, 1.165) is 68.6 Å². The minimum absolute atomic E-state index is 0.157. The van der Waals surface area contributed by atoms with Gasteiger partial charge in [0.05, 0.1) is 18.0 Å². The molecule has 0 aromatic carbocycles. The Bertz CT molecular complexity index is 828. The summed E-state index contributed by atoms with van der Waals surface area (Å²) in [7, 11) is 1.62. The van der Waals surface area contributed by atoms with Crippen molar-refractivity contribution in [3.05, 3.63) is 23.8 Å². The highest BCUT2D eigenvalue weighted by atomic mass is 16.6. The third-order valence-corrected chi connectivity index (χ3v) is 9.33. The summed E-state index contributed by atoms with van der Waals surface area (Å²) in [6.07, 6.45) is 10.6. The fourth-order valence-corrected chi connectivity index (χ4v) is 7.53. The Kier molecular flexibility index (Phi) is 5.50. The van der Waals surface area contributed by atoms with E-state index >= 15 is 0 Å². The lowest BCUT2D eigenvalue weighted by Crippen LogP contribution is -2.54. The summed E-state index contributed by atoms with van der Waals surface area (Å²) in [5.74, 6) is 1.62. The number of nitrogens with one attached hydrogen (secondary N) is 1. The SMILES string of the molecule is C=C1CCC2C3CC(=NOC)C4=CC(=NOC5CCNC5)CC[C@]4(CO)C3CC[C@]12C. The maximum absolute atomic E-state index is 10.8. The maximum atomic E-state index is 10.8. The van der Waals surface area contributed by atoms with Crippen molar-refractivity contribution in [2.45, 2.75) is 64.4 Å². The van der Waals surface area contributed by atoms with Crippen LogP contribution in [0.5, 0.6) is 0 Å². The third-order valence-electron chi connectivity index (χ3n) is 9.33. The van der Waals surface area contributed by atoms with Crippen molar-refractivity contribution in [3.63, 3.8) is 0 Å². The quantitative estimate of drug-likeness (QED) is 0.528. The van der Waals surface area contributed by atoms with Crippen LogP contribution >= 0.6 is 0 Å². The molecule has 6 nitrogen and oxygen atoms in total. The van der Waals surface area contributed by atoms with E-state index in [0.29, 0.717) is 17.8 Å². The lowest BCUT2D eigenvalue weighted by atomic mass is 9.46. The summed E-state index contributed by atoms with van der Waals surface area (Å²) in [5, 5.41) is 23.1. The first-order valence-electron chi connectivity index (χ1n) is 12.1. The Hall–Kier alpha value is -1.66. The summed E-state index contributed by atoms with van der Waals surface area (Å²) in [6, 6.07) is 0. The molecule has 4 fully saturated rings. The summed E-state index contributed by atoms with van der Waals surface area (Å²) in [5.41, 5.74) is 4.51. The number of aliphatic hydroxyl groups is 1.